The number of hydrogen-bond donors (Lipinski definition) is 1. The van der Waals surface area contributed by atoms with Crippen LogP contribution in [0.1, 0.15) is 5.56 Å². The van der Waals surface area contributed by atoms with E-state index in [-0.39, 0.29) is 11.2 Å². The topological polar surface area (TPSA) is 72.7 Å². The van der Waals surface area contributed by atoms with Crippen LogP contribution in [-0.4, -0.2) is 31.4 Å². The van der Waals surface area contributed by atoms with Gasteiger partial charge in [0.15, 0.2) is 0 Å². The normalized spacial score (nSPS) is 16.1. The second-order valence-corrected chi connectivity index (χ2v) is 6.45. The van der Waals surface area contributed by atoms with Gasteiger partial charge in [-0.05, 0) is 52.7 Å². The lowest BCUT2D eigenvalue weighted by Gasteiger charge is -2.10. The van der Waals surface area contributed by atoms with E-state index >= 15 is 0 Å². The summed E-state index contributed by atoms with van der Waals surface area (Å²) in [5, 5.41) is 13.9. The molecule has 2 heterocycles. The average Bonchev–Trinajstić information content (AvgIpc) is 3.25. The molecule has 23 heavy (non-hydrogen) atoms. The molecule has 6 nitrogen and oxygen atoms in total. The fourth-order valence-corrected chi connectivity index (χ4v) is 3.72. The predicted octanol–water partition coefficient (Wildman–Crippen LogP) is 2.32. The lowest BCUT2D eigenvalue weighted by molar-refractivity contribution is -0.115. The molecule has 0 spiro atoms. The lowest BCUT2D eigenvalue weighted by Crippen LogP contribution is -2.24. The number of tetrazole rings is 1. The predicted molar refractivity (Wildman–Crippen MR) is 87.6 cm³/mol. The Labute approximate surface area is 136 Å². The van der Waals surface area contributed by atoms with Gasteiger partial charge in [-0.15, -0.1) is 16.9 Å². The van der Waals surface area contributed by atoms with E-state index in [1.807, 2.05) is 36.4 Å². The summed E-state index contributed by atoms with van der Waals surface area (Å²) in [4.78, 5) is 13.6. The molecule has 0 saturated carbocycles. The molecular formula is C16H13N5OS. The average molecular weight is 323 g/mol. The van der Waals surface area contributed by atoms with Crippen LogP contribution in [0.3, 0.4) is 0 Å². The molecule has 2 aromatic carbocycles. The zero-order valence-corrected chi connectivity index (χ0v) is 12.9. The van der Waals surface area contributed by atoms with Gasteiger partial charge in [-0.2, -0.15) is 0 Å². The monoisotopic (exact) mass is 323 g/mol. The Morgan fingerprint density at radius 3 is 2.74 bits per heavy atom. The van der Waals surface area contributed by atoms with Gasteiger partial charge in [-0.3, -0.25) is 4.79 Å². The quantitative estimate of drug-likeness (QED) is 0.801. The molecule has 1 N–H and O–H groups in total. The number of benzene rings is 2. The summed E-state index contributed by atoms with van der Waals surface area (Å²) >= 11 is 1.62. The van der Waals surface area contributed by atoms with Gasteiger partial charge >= 0.3 is 0 Å². The number of nitrogens with zero attached hydrogens (tertiary/aromatic N) is 4. The summed E-state index contributed by atoms with van der Waals surface area (Å²) in [7, 11) is 0. The van der Waals surface area contributed by atoms with Gasteiger partial charge in [0.2, 0.25) is 5.91 Å². The van der Waals surface area contributed by atoms with Crippen LogP contribution in [0.15, 0.2) is 59.8 Å². The van der Waals surface area contributed by atoms with Crippen molar-refractivity contribution in [2.75, 3.05) is 5.32 Å². The second-order valence-electron chi connectivity index (χ2n) is 5.21. The maximum Gasteiger partial charge on any atom is 0.238 e. The summed E-state index contributed by atoms with van der Waals surface area (Å²) in [6, 6.07) is 15.6. The Morgan fingerprint density at radius 1 is 1.17 bits per heavy atom. The number of thioether (sulfide) groups is 1. The van der Waals surface area contributed by atoms with Crippen LogP contribution in [-0.2, 0) is 11.2 Å². The van der Waals surface area contributed by atoms with Crippen molar-refractivity contribution < 1.29 is 4.79 Å². The molecule has 4 rings (SSSR count). The van der Waals surface area contributed by atoms with E-state index in [0.29, 0.717) is 0 Å². The Bertz CT molecular complexity index is 807. The van der Waals surface area contributed by atoms with Crippen LogP contribution in [0.25, 0.3) is 5.69 Å². The fraction of sp³-hybridized carbons (Fsp3) is 0.125. The van der Waals surface area contributed by atoms with Crippen molar-refractivity contribution in [3.63, 3.8) is 0 Å². The van der Waals surface area contributed by atoms with Crippen molar-refractivity contribution in [3.05, 3.63) is 60.4 Å². The minimum absolute atomic E-state index is 0.0290. The van der Waals surface area contributed by atoms with Crippen LogP contribution in [0.5, 0.6) is 0 Å². The number of aromatic nitrogens is 4. The highest BCUT2D eigenvalue weighted by molar-refractivity contribution is 8.01. The summed E-state index contributed by atoms with van der Waals surface area (Å²) in [5.74, 6) is 0.0290. The Balaban J connectivity index is 1.44. The van der Waals surface area contributed by atoms with Crippen LogP contribution >= 0.6 is 11.8 Å². The largest absolute Gasteiger partial charge is 0.325 e. The van der Waals surface area contributed by atoms with Crippen LogP contribution in [0.2, 0.25) is 0 Å². The first-order valence-corrected chi connectivity index (χ1v) is 8.06. The summed E-state index contributed by atoms with van der Waals surface area (Å²) < 4.78 is 1.56. The van der Waals surface area contributed by atoms with Gasteiger partial charge in [0, 0.05) is 10.6 Å². The van der Waals surface area contributed by atoms with E-state index in [0.717, 1.165) is 17.8 Å². The van der Waals surface area contributed by atoms with Crippen molar-refractivity contribution in [2.45, 2.75) is 16.6 Å². The summed E-state index contributed by atoms with van der Waals surface area (Å²) in [6.45, 7) is 0. The molecule has 0 fully saturated rings. The first kappa shape index (κ1) is 14.0. The van der Waals surface area contributed by atoms with E-state index in [1.165, 1.54) is 16.8 Å². The number of hydrogen-bond acceptors (Lipinski definition) is 5. The molecule has 0 radical (unpaired) electrons. The van der Waals surface area contributed by atoms with Crippen LogP contribution < -0.4 is 5.32 Å². The number of amides is 1. The first-order chi connectivity index (χ1) is 11.3. The molecule has 7 heteroatoms. The van der Waals surface area contributed by atoms with Crippen molar-refractivity contribution >= 4 is 23.4 Å². The third kappa shape index (κ3) is 2.83. The molecule has 1 aromatic heterocycles. The maximum atomic E-state index is 12.4. The molecule has 1 atom stereocenters. The number of fused-ring (bicyclic) bond motifs is 1. The first-order valence-electron chi connectivity index (χ1n) is 7.18. The van der Waals surface area contributed by atoms with Crippen LogP contribution in [0.4, 0.5) is 5.69 Å². The van der Waals surface area contributed by atoms with E-state index < -0.39 is 0 Å². The molecular weight excluding hydrogens is 310 g/mol. The summed E-state index contributed by atoms with van der Waals surface area (Å²) in [5.41, 5.74) is 2.85. The molecule has 3 aromatic rings. The highest BCUT2D eigenvalue weighted by atomic mass is 32.2. The molecule has 114 valence electrons. The van der Waals surface area contributed by atoms with Crippen molar-refractivity contribution in [1.29, 1.82) is 0 Å². The number of anilines is 1. The Kier molecular flexibility index (Phi) is 3.55. The summed E-state index contributed by atoms with van der Waals surface area (Å²) in [6.07, 6.45) is 2.30. The van der Waals surface area contributed by atoms with Crippen molar-refractivity contribution in [2.24, 2.45) is 0 Å². The van der Waals surface area contributed by atoms with E-state index in [2.05, 4.69) is 33.0 Å². The number of carbonyl (C=O) groups is 1. The number of rotatable bonds is 3. The van der Waals surface area contributed by atoms with Crippen molar-refractivity contribution in [3.8, 4) is 5.69 Å². The standard InChI is InChI=1S/C16H13N5OS/c22-16(15-9-11-3-1-2-4-14(11)23-15)18-12-5-7-13(8-6-12)21-10-17-19-20-21/h1-8,10,15H,9H2,(H,18,22). The Hall–Kier alpha value is -2.67. The zero-order chi connectivity index (χ0) is 15.6. The molecule has 1 aliphatic heterocycles. The van der Waals surface area contributed by atoms with Crippen LogP contribution in [0, 0.1) is 0 Å². The minimum Gasteiger partial charge on any atom is -0.325 e. The highest BCUT2D eigenvalue weighted by Gasteiger charge is 2.27. The number of carbonyl (C=O) groups excluding carboxylic acids is 1. The van der Waals surface area contributed by atoms with Gasteiger partial charge in [-0.1, -0.05) is 18.2 Å². The minimum atomic E-state index is -0.0772. The molecule has 0 aliphatic carbocycles. The van der Waals surface area contributed by atoms with Gasteiger partial charge in [0.25, 0.3) is 0 Å². The zero-order valence-electron chi connectivity index (χ0n) is 12.1. The van der Waals surface area contributed by atoms with Gasteiger partial charge in [0.05, 0.1) is 10.9 Å². The highest BCUT2D eigenvalue weighted by Crippen LogP contribution is 2.37. The van der Waals surface area contributed by atoms with E-state index in [1.54, 1.807) is 16.4 Å². The molecule has 0 saturated heterocycles. The SMILES string of the molecule is O=C(Nc1ccc(-n2cnnn2)cc1)C1Cc2ccccc2S1. The van der Waals surface area contributed by atoms with Gasteiger partial charge in [0.1, 0.15) is 6.33 Å². The fourth-order valence-electron chi connectivity index (χ4n) is 2.53. The lowest BCUT2D eigenvalue weighted by atomic mass is 10.1. The third-order valence-electron chi connectivity index (χ3n) is 3.69. The third-order valence-corrected chi connectivity index (χ3v) is 5.01. The smallest absolute Gasteiger partial charge is 0.238 e. The molecule has 1 aliphatic rings. The van der Waals surface area contributed by atoms with E-state index in [4.69, 9.17) is 0 Å². The van der Waals surface area contributed by atoms with Crippen molar-refractivity contribution in [1.82, 2.24) is 20.2 Å². The molecule has 1 unspecified atom stereocenters. The molecule has 1 amide bonds. The Morgan fingerprint density at radius 2 is 2.00 bits per heavy atom. The van der Waals surface area contributed by atoms with Gasteiger partial charge < -0.3 is 5.32 Å². The number of nitrogens with one attached hydrogen (secondary N) is 1. The van der Waals surface area contributed by atoms with Gasteiger partial charge in [-0.25, -0.2) is 4.68 Å². The second kappa shape index (κ2) is 5.85. The molecule has 0 bridgehead atoms. The van der Waals surface area contributed by atoms with E-state index in [9.17, 15) is 4.79 Å². The maximum absolute atomic E-state index is 12.4.